The first-order valence-electron chi connectivity index (χ1n) is 7.18. The first kappa shape index (κ1) is 17.0. The summed E-state index contributed by atoms with van der Waals surface area (Å²) in [6.07, 6.45) is 1.85. The molecule has 5 nitrogen and oxygen atoms in total. The van der Waals surface area contributed by atoms with Gasteiger partial charge in [-0.15, -0.1) is 0 Å². The molecule has 0 bridgehead atoms. The second-order valence-corrected chi connectivity index (χ2v) is 5.19. The zero-order valence-electron chi connectivity index (χ0n) is 12.8. The van der Waals surface area contributed by atoms with Crippen molar-refractivity contribution in [1.82, 2.24) is 5.32 Å². The van der Waals surface area contributed by atoms with Gasteiger partial charge in [-0.25, -0.2) is 4.79 Å². The number of nitrogens with one attached hydrogen (secondary N) is 1. The van der Waals surface area contributed by atoms with Crippen LogP contribution in [0.2, 0.25) is 0 Å². The van der Waals surface area contributed by atoms with Gasteiger partial charge < -0.3 is 15.2 Å². The van der Waals surface area contributed by atoms with Crippen molar-refractivity contribution in [3.8, 4) is 5.75 Å². The van der Waals surface area contributed by atoms with Crippen molar-refractivity contribution in [1.29, 1.82) is 0 Å². The molecule has 2 N–H and O–H groups in total. The van der Waals surface area contributed by atoms with Crippen LogP contribution in [0.4, 0.5) is 0 Å². The fourth-order valence-electron chi connectivity index (χ4n) is 2.15. The minimum atomic E-state index is -1.25. The average molecular weight is 293 g/mol. The molecule has 0 aromatic heterocycles. The van der Waals surface area contributed by atoms with Gasteiger partial charge in [0.2, 0.25) is 0 Å². The van der Waals surface area contributed by atoms with Crippen LogP contribution in [0, 0.1) is 0 Å². The smallest absolute Gasteiger partial charge is 0.329 e. The van der Waals surface area contributed by atoms with Gasteiger partial charge in [-0.2, -0.15) is 0 Å². The summed E-state index contributed by atoms with van der Waals surface area (Å²) >= 11 is 0. The summed E-state index contributed by atoms with van der Waals surface area (Å²) in [7, 11) is 0. The van der Waals surface area contributed by atoms with Crippen LogP contribution < -0.4 is 10.1 Å². The third-order valence-electron chi connectivity index (χ3n) is 3.35. The Morgan fingerprint density at radius 2 is 1.95 bits per heavy atom. The maximum absolute atomic E-state index is 11.9. The number of ether oxygens (including phenoxy) is 1. The van der Waals surface area contributed by atoms with E-state index in [1.807, 2.05) is 32.0 Å². The number of carbonyl (C=O) groups excluding carboxylic acids is 1. The number of aliphatic carboxylic acids is 1. The molecule has 0 saturated carbocycles. The second-order valence-electron chi connectivity index (χ2n) is 5.19. The quantitative estimate of drug-likeness (QED) is 0.771. The highest BCUT2D eigenvalue weighted by Gasteiger charge is 2.33. The first-order chi connectivity index (χ1) is 9.92. The Kier molecular flexibility index (Phi) is 6.21. The van der Waals surface area contributed by atoms with Gasteiger partial charge in [-0.05, 0) is 31.4 Å². The molecule has 1 aromatic carbocycles. The van der Waals surface area contributed by atoms with E-state index in [1.54, 1.807) is 6.07 Å². The maximum Gasteiger partial charge on any atom is 0.329 e. The molecule has 1 atom stereocenters. The number of aryl methyl sites for hydroxylation is 1. The summed E-state index contributed by atoms with van der Waals surface area (Å²) in [5.41, 5.74) is -0.237. The summed E-state index contributed by atoms with van der Waals surface area (Å²) < 4.78 is 5.49. The third-order valence-corrected chi connectivity index (χ3v) is 3.35. The number of carboxylic acid groups (broad SMARTS) is 1. The molecule has 0 radical (unpaired) electrons. The molecule has 0 fully saturated rings. The Balaban J connectivity index is 2.63. The Morgan fingerprint density at radius 3 is 2.52 bits per heavy atom. The van der Waals surface area contributed by atoms with Gasteiger partial charge in [0.25, 0.3) is 5.91 Å². The lowest BCUT2D eigenvalue weighted by atomic mass is 9.96. The van der Waals surface area contributed by atoms with Crippen LogP contribution >= 0.6 is 0 Å². The van der Waals surface area contributed by atoms with Crippen LogP contribution in [0.3, 0.4) is 0 Å². The third kappa shape index (κ3) is 4.77. The molecule has 0 aliphatic heterocycles. The van der Waals surface area contributed by atoms with Crippen molar-refractivity contribution in [3.05, 3.63) is 29.8 Å². The number of para-hydroxylation sites is 1. The molecule has 1 unspecified atom stereocenters. The van der Waals surface area contributed by atoms with Crippen molar-refractivity contribution in [3.63, 3.8) is 0 Å². The highest BCUT2D eigenvalue weighted by atomic mass is 16.5. The van der Waals surface area contributed by atoms with Crippen LogP contribution in [0.15, 0.2) is 24.3 Å². The Morgan fingerprint density at radius 1 is 1.29 bits per heavy atom. The van der Waals surface area contributed by atoms with E-state index in [0.717, 1.165) is 12.0 Å². The molecule has 0 heterocycles. The van der Waals surface area contributed by atoms with Crippen molar-refractivity contribution in [2.24, 2.45) is 0 Å². The molecule has 116 valence electrons. The summed E-state index contributed by atoms with van der Waals surface area (Å²) in [5, 5.41) is 11.8. The van der Waals surface area contributed by atoms with E-state index in [0.29, 0.717) is 18.6 Å². The number of benzene rings is 1. The summed E-state index contributed by atoms with van der Waals surface area (Å²) in [6, 6.07) is 7.49. The van der Waals surface area contributed by atoms with Crippen molar-refractivity contribution >= 4 is 11.9 Å². The van der Waals surface area contributed by atoms with Gasteiger partial charge in [-0.3, -0.25) is 4.79 Å². The lowest BCUT2D eigenvalue weighted by Crippen LogP contribution is -2.53. The van der Waals surface area contributed by atoms with Gasteiger partial charge in [0.05, 0.1) is 0 Å². The van der Waals surface area contributed by atoms with Crippen LogP contribution in [-0.2, 0) is 16.0 Å². The molecule has 0 spiro atoms. The number of hydrogen-bond donors (Lipinski definition) is 2. The van der Waals surface area contributed by atoms with E-state index in [9.17, 15) is 14.7 Å². The first-order valence-corrected chi connectivity index (χ1v) is 7.18. The fraction of sp³-hybridized carbons (Fsp3) is 0.500. The standard InChI is InChI=1S/C16H23NO4/c1-4-10-16(3,15(19)20)17-14(18)11-21-13-9-7-6-8-12(13)5-2/h6-9H,4-5,10-11H2,1-3H3,(H,17,18)(H,19,20). The van der Waals surface area contributed by atoms with Gasteiger partial charge in [-0.1, -0.05) is 38.5 Å². The minimum Gasteiger partial charge on any atom is -0.483 e. The normalized spacial score (nSPS) is 13.3. The van der Waals surface area contributed by atoms with Crippen molar-refractivity contribution in [2.75, 3.05) is 6.61 Å². The molecular weight excluding hydrogens is 270 g/mol. The van der Waals surface area contributed by atoms with E-state index in [2.05, 4.69) is 5.32 Å². The second kappa shape index (κ2) is 7.67. The van der Waals surface area contributed by atoms with Crippen LogP contribution in [-0.4, -0.2) is 29.1 Å². The SMILES string of the molecule is CCCC(C)(NC(=O)COc1ccccc1CC)C(=O)O. The molecule has 21 heavy (non-hydrogen) atoms. The lowest BCUT2D eigenvalue weighted by molar-refractivity contribution is -0.147. The Labute approximate surface area is 125 Å². The van der Waals surface area contributed by atoms with E-state index in [1.165, 1.54) is 6.92 Å². The zero-order chi connectivity index (χ0) is 15.9. The van der Waals surface area contributed by atoms with Gasteiger partial charge >= 0.3 is 5.97 Å². The van der Waals surface area contributed by atoms with E-state index in [4.69, 9.17) is 4.74 Å². The fourth-order valence-corrected chi connectivity index (χ4v) is 2.15. The van der Waals surface area contributed by atoms with Gasteiger partial charge in [0.1, 0.15) is 11.3 Å². The van der Waals surface area contributed by atoms with Crippen molar-refractivity contribution in [2.45, 2.75) is 45.6 Å². The van der Waals surface area contributed by atoms with Crippen LogP contribution in [0.25, 0.3) is 0 Å². The van der Waals surface area contributed by atoms with Crippen molar-refractivity contribution < 1.29 is 19.4 Å². The van der Waals surface area contributed by atoms with Gasteiger partial charge in [0, 0.05) is 0 Å². The van der Waals surface area contributed by atoms with Crippen LogP contribution in [0.1, 0.15) is 39.2 Å². The number of carbonyl (C=O) groups is 2. The van der Waals surface area contributed by atoms with Crippen LogP contribution in [0.5, 0.6) is 5.75 Å². The molecule has 1 rings (SSSR count). The monoisotopic (exact) mass is 293 g/mol. The maximum atomic E-state index is 11.9. The molecule has 5 heteroatoms. The average Bonchev–Trinajstić information content (AvgIpc) is 2.45. The molecule has 0 aliphatic rings. The van der Waals surface area contributed by atoms with E-state index >= 15 is 0 Å². The lowest BCUT2D eigenvalue weighted by Gasteiger charge is -2.25. The topological polar surface area (TPSA) is 75.6 Å². The highest BCUT2D eigenvalue weighted by Crippen LogP contribution is 2.18. The van der Waals surface area contributed by atoms with Gasteiger partial charge in [0.15, 0.2) is 6.61 Å². The Bertz CT molecular complexity index is 501. The largest absolute Gasteiger partial charge is 0.483 e. The molecule has 1 amide bonds. The molecular formula is C16H23NO4. The number of rotatable bonds is 8. The predicted molar refractivity (Wildman–Crippen MR) is 80.4 cm³/mol. The number of hydrogen-bond acceptors (Lipinski definition) is 3. The molecule has 1 aromatic rings. The molecule has 0 saturated heterocycles. The summed E-state index contributed by atoms with van der Waals surface area (Å²) in [4.78, 5) is 23.2. The predicted octanol–water partition coefficient (Wildman–Crippen LogP) is 2.39. The number of carboxylic acids is 1. The Hall–Kier alpha value is -2.04. The summed E-state index contributed by atoms with van der Waals surface area (Å²) in [6.45, 7) is 5.20. The minimum absolute atomic E-state index is 0.191. The van der Waals surface area contributed by atoms with E-state index in [-0.39, 0.29) is 6.61 Å². The zero-order valence-corrected chi connectivity index (χ0v) is 12.8. The number of amides is 1. The summed E-state index contributed by atoms with van der Waals surface area (Å²) in [5.74, 6) is -0.811. The van der Waals surface area contributed by atoms with E-state index < -0.39 is 17.4 Å². The molecule has 0 aliphatic carbocycles. The highest BCUT2D eigenvalue weighted by molar-refractivity contribution is 5.87.